The van der Waals surface area contributed by atoms with E-state index in [9.17, 15) is 13.2 Å². The monoisotopic (exact) mass is 441 g/mol. The quantitative estimate of drug-likeness (QED) is 0.747. The molecule has 1 fully saturated rings. The van der Waals surface area contributed by atoms with Crippen LogP contribution in [0.15, 0.2) is 48.5 Å². The first-order valence-electron chi connectivity index (χ1n) is 8.82. The number of halogens is 2. The first-order valence-corrected chi connectivity index (χ1v) is 11.2. The van der Waals surface area contributed by atoms with E-state index in [4.69, 9.17) is 23.2 Å². The van der Waals surface area contributed by atoms with E-state index in [1.165, 1.54) is 4.31 Å². The lowest BCUT2D eigenvalue weighted by Crippen LogP contribution is -2.50. The number of carbonyl (C=O) groups excluding carboxylic acids is 1. The molecule has 28 heavy (non-hydrogen) atoms. The fraction of sp³-hybridized carbons (Fsp3) is 0.316. The average Bonchev–Trinajstić information content (AvgIpc) is 2.65. The summed E-state index contributed by atoms with van der Waals surface area (Å²) in [5, 5.41) is 3.64. The van der Waals surface area contributed by atoms with Gasteiger partial charge in [-0.3, -0.25) is 9.69 Å². The molecule has 1 heterocycles. The summed E-state index contributed by atoms with van der Waals surface area (Å²) >= 11 is 12.0. The minimum atomic E-state index is -3.37. The third-order valence-electron chi connectivity index (χ3n) is 4.49. The van der Waals surface area contributed by atoms with E-state index >= 15 is 0 Å². The Balaban J connectivity index is 1.51. The third kappa shape index (κ3) is 5.68. The smallest absolute Gasteiger partial charge is 0.238 e. The van der Waals surface area contributed by atoms with Crippen LogP contribution in [0.2, 0.25) is 10.0 Å². The van der Waals surface area contributed by atoms with Crippen molar-refractivity contribution in [3.05, 3.63) is 64.1 Å². The second-order valence-electron chi connectivity index (χ2n) is 6.59. The molecule has 6 nitrogen and oxygen atoms in total. The Bertz CT molecular complexity index is 931. The van der Waals surface area contributed by atoms with E-state index in [-0.39, 0.29) is 18.2 Å². The largest absolute Gasteiger partial charge is 0.324 e. The molecule has 1 N–H and O–H groups in total. The molecule has 2 aromatic carbocycles. The van der Waals surface area contributed by atoms with Crippen molar-refractivity contribution >= 4 is 44.8 Å². The maximum absolute atomic E-state index is 12.6. The minimum absolute atomic E-state index is 0.0123. The van der Waals surface area contributed by atoms with E-state index in [0.29, 0.717) is 41.9 Å². The van der Waals surface area contributed by atoms with Gasteiger partial charge in [-0.25, -0.2) is 8.42 Å². The number of sulfonamides is 1. The molecule has 0 aliphatic carbocycles. The van der Waals surface area contributed by atoms with Crippen LogP contribution in [0.5, 0.6) is 0 Å². The first kappa shape index (κ1) is 21.1. The van der Waals surface area contributed by atoms with Crippen molar-refractivity contribution in [3.8, 4) is 0 Å². The topological polar surface area (TPSA) is 69.7 Å². The highest BCUT2D eigenvalue weighted by Crippen LogP contribution is 2.25. The maximum Gasteiger partial charge on any atom is 0.238 e. The summed E-state index contributed by atoms with van der Waals surface area (Å²) in [6.45, 7) is 1.87. The Morgan fingerprint density at radius 1 is 1.00 bits per heavy atom. The Morgan fingerprint density at radius 2 is 1.68 bits per heavy atom. The number of anilines is 1. The molecule has 0 radical (unpaired) electrons. The molecule has 0 spiro atoms. The number of hydrogen-bond acceptors (Lipinski definition) is 4. The molecule has 2 aromatic rings. The van der Waals surface area contributed by atoms with Gasteiger partial charge >= 0.3 is 0 Å². The van der Waals surface area contributed by atoms with E-state index in [1.54, 1.807) is 30.3 Å². The van der Waals surface area contributed by atoms with Crippen LogP contribution in [-0.4, -0.2) is 56.3 Å². The van der Waals surface area contributed by atoms with Crippen molar-refractivity contribution in [2.24, 2.45) is 0 Å². The number of carbonyl (C=O) groups is 1. The van der Waals surface area contributed by atoms with Gasteiger partial charge in [0.15, 0.2) is 0 Å². The van der Waals surface area contributed by atoms with E-state index in [0.717, 1.165) is 5.56 Å². The van der Waals surface area contributed by atoms with Gasteiger partial charge in [0, 0.05) is 31.2 Å². The van der Waals surface area contributed by atoms with Gasteiger partial charge in [-0.2, -0.15) is 4.31 Å². The molecule has 1 aliphatic heterocycles. The fourth-order valence-electron chi connectivity index (χ4n) is 3.03. The number of nitrogens with one attached hydrogen (secondary N) is 1. The molecule has 3 rings (SSSR count). The van der Waals surface area contributed by atoms with E-state index in [1.807, 2.05) is 23.1 Å². The first-order chi connectivity index (χ1) is 13.3. The number of hydrogen-bond donors (Lipinski definition) is 1. The van der Waals surface area contributed by atoms with Crippen molar-refractivity contribution in [1.82, 2.24) is 9.21 Å². The molecule has 0 unspecified atom stereocenters. The Hall–Kier alpha value is -1.64. The highest BCUT2D eigenvalue weighted by atomic mass is 35.5. The van der Waals surface area contributed by atoms with Gasteiger partial charge < -0.3 is 5.32 Å². The zero-order valence-electron chi connectivity index (χ0n) is 15.1. The summed E-state index contributed by atoms with van der Waals surface area (Å²) < 4.78 is 26.7. The Morgan fingerprint density at radius 3 is 2.36 bits per heavy atom. The summed E-state index contributed by atoms with van der Waals surface area (Å²) in [5.41, 5.74) is 1.23. The lowest BCUT2D eigenvalue weighted by molar-refractivity contribution is -0.117. The average molecular weight is 442 g/mol. The van der Waals surface area contributed by atoms with Crippen LogP contribution in [-0.2, 0) is 20.6 Å². The number of benzene rings is 2. The Kier molecular flexibility index (Phi) is 6.95. The summed E-state index contributed by atoms with van der Waals surface area (Å²) in [7, 11) is -3.37. The van der Waals surface area contributed by atoms with E-state index in [2.05, 4.69) is 5.32 Å². The predicted molar refractivity (Wildman–Crippen MR) is 112 cm³/mol. The predicted octanol–water partition coefficient (Wildman–Crippen LogP) is 3.08. The van der Waals surface area contributed by atoms with Crippen molar-refractivity contribution in [3.63, 3.8) is 0 Å². The summed E-state index contributed by atoms with van der Waals surface area (Å²) in [4.78, 5) is 14.2. The number of rotatable bonds is 6. The van der Waals surface area contributed by atoms with Crippen LogP contribution < -0.4 is 5.32 Å². The molecule has 0 saturated carbocycles. The normalized spacial score (nSPS) is 16.1. The van der Waals surface area contributed by atoms with E-state index < -0.39 is 10.0 Å². The van der Waals surface area contributed by atoms with Gasteiger partial charge in [0.1, 0.15) is 0 Å². The summed E-state index contributed by atoms with van der Waals surface area (Å²) in [5.74, 6) is -0.230. The van der Waals surface area contributed by atoms with Crippen molar-refractivity contribution in [2.45, 2.75) is 5.75 Å². The van der Waals surface area contributed by atoms with Crippen LogP contribution in [0.25, 0.3) is 0 Å². The molecule has 0 atom stereocenters. The van der Waals surface area contributed by atoms with Gasteiger partial charge in [-0.05, 0) is 23.8 Å². The lowest BCUT2D eigenvalue weighted by atomic mass is 10.2. The molecule has 0 aromatic heterocycles. The van der Waals surface area contributed by atoms with Crippen LogP contribution >= 0.6 is 23.2 Å². The molecule has 1 aliphatic rings. The lowest BCUT2D eigenvalue weighted by Gasteiger charge is -2.33. The highest BCUT2D eigenvalue weighted by Gasteiger charge is 2.27. The van der Waals surface area contributed by atoms with Crippen LogP contribution in [0, 0.1) is 0 Å². The van der Waals surface area contributed by atoms with Crippen molar-refractivity contribution in [2.75, 3.05) is 38.0 Å². The van der Waals surface area contributed by atoms with Gasteiger partial charge in [0.05, 0.1) is 23.0 Å². The minimum Gasteiger partial charge on any atom is -0.324 e. The van der Waals surface area contributed by atoms with Crippen LogP contribution in [0.3, 0.4) is 0 Å². The van der Waals surface area contributed by atoms with Gasteiger partial charge in [0.25, 0.3) is 0 Å². The molecule has 150 valence electrons. The summed E-state index contributed by atoms with van der Waals surface area (Å²) in [6.07, 6.45) is 0. The maximum atomic E-state index is 12.6. The summed E-state index contributed by atoms with van der Waals surface area (Å²) in [6, 6.07) is 14.0. The third-order valence-corrected chi connectivity index (χ3v) is 6.90. The second kappa shape index (κ2) is 9.24. The van der Waals surface area contributed by atoms with Crippen molar-refractivity contribution < 1.29 is 13.2 Å². The SMILES string of the molecule is O=C(CN1CCN(S(=O)(=O)Cc2ccccc2)CC1)Nc1cc(Cl)ccc1Cl. The number of amides is 1. The van der Waals surface area contributed by atoms with Crippen LogP contribution in [0.1, 0.15) is 5.56 Å². The highest BCUT2D eigenvalue weighted by molar-refractivity contribution is 7.88. The molecule has 0 bridgehead atoms. The van der Waals surface area contributed by atoms with Gasteiger partial charge in [-0.15, -0.1) is 0 Å². The van der Waals surface area contributed by atoms with Crippen molar-refractivity contribution in [1.29, 1.82) is 0 Å². The molecular weight excluding hydrogens is 421 g/mol. The van der Waals surface area contributed by atoms with Gasteiger partial charge in [0.2, 0.25) is 15.9 Å². The molecule has 9 heteroatoms. The fourth-order valence-corrected chi connectivity index (χ4v) is 4.88. The zero-order valence-corrected chi connectivity index (χ0v) is 17.5. The zero-order chi connectivity index (χ0) is 20.1. The second-order valence-corrected chi connectivity index (χ2v) is 9.40. The Labute approximate surface area is 175 Å². The molecule has 1 amide bonds. The van der Waals surface area contributed by atoms with Gasteiger partial charge in [-0.1, -0.05) is 53.5 Å². The number of piperazine rings is 1. The van der Waals surface area contributed by atoms with Crippen LogP contribution in [0.4, 0.5) is 5.69 Å². The number of nitrogens with zero attached hydrogens (tertiary/aromatic N) is 2. The molecular formula is C19H21Cl2N3O3S. The standard InChI is InChI=1S/C19H21Cl2N3O3S/c20-16-6-7-17(21)18(12-16)22-19(25)13-23-8-10-24(11-9-23)28(26,27)14-15-4-2-1-3-5-15/h1-7,12H,8-11,13-14H2,(H,22,25). The molecule has 1 saturated heterocycles.